The molecule has 0 spiro atoms. The Morgan fingerprint density at radius 3 is 2.50 bits per heavy atom. The van der Waals surface area contributed by atoms with Crippen molar-refractivity contribution in [3.05, 3.63) is 35.6 Å². The first kappa shape index (κ1) is 17.3. The average Bonchev–Trinajstić information content (AvgIpc) is 3.01. The zero-order valence-corrected chi connectivity index (χ0v) is 14.3. The third-order valence-electron chi connectivity index (χ3n) is 5.17. The van der Waals surface area contributed by atoms with E-state index in [1.54, 1.807) is 12.1 Å². The van der Waals surface area contributed by atoms with Crippen LogP contribution < -0.4 is 0 Å². The first-order valence-electron chi connectivity index (χ1n) is 7.86. The van der Waals surface area contributed by atoms with E-state index < -0.39 is 21.4 Å². The molecule has 24 heavy (non-hydrogen) atoms. The van der Waals surface area contributed by atoms with Crippen LogP contribution in [0.2, 0.25) is 0 Å². The zero-order valence-electron chi connectivity index (χ0n) is 13.5. The minimum absolute atomic E-state index is 0.0406. The molecule has 0 unspecified atom stereocenters. The van der Waals surface area contributed by atoms with Crippen molar-refractivity contribution in [3.63, 3.8) is 0 Å². The number of hydrogen-bond acceptors (Lipinski definition) is 4. The number of likely N-dealkylation sites (tertiary alicyclic amines) is 1. The molecule has 6 nitrogen and oxygen atoms in total. The molecule has 1 aromatic rings. The molecule has 1 aromatic carbocycles. The van der Waals surface area contributed by atoms with Crippen LogP contribution in [0, 0.1) is 17.2 Å². The Morgan fingerprint density at radius 2 is 1.96 bits per heavy atom. The fourth-order valence-corrected chi connectivity index (χ4v) is 4.70. The van der Waals surface area contributed by atoms with Gasteiger partial charge in [0.1, 0.15) is 5.82 Å². The minimum atomic E-state index is -3.38. The molecule has 8 heteroatoms. The topological polar surface area (TPSA) is 77.9 Å². The molecule has 1 N–H and O–H groups in total. The predicted octanol–water partition coefficient (Wildman–Crippen LogP) is 0.646. The summed E-state index contributed by atoms with van der Waals surface area (Å²) in [7, 11) is -3.38. The third kappa shape index (κ3) is 3.18. The van der Waals surface area contributed by atoms with Crippen molar-refractivity contribution < 1.29 is 22.7 Å². The number of aliphatic carboxylic acids is 1. The van der Waals surface area contributed by atoms with Crippen molar-refractivity contribution in [1.29, 1.82) is 0 Å². The highest BCUT2D eigenvalue weighted by Gasteiger charge is 2.58. The maximum Gasteiger partial charge on any atom is 0.312 e. The van der Waals surface area contributed by atoms with Crippen LogP contribution in [0.5, 0.6) is 0 Å². The second-order valence-electron chi connectivity index (χ2n) is 6.83. The van der Waals surface area contributed by atoms with Crippen molar-refractivity contribution in [2.24, 2.45) is 11.3 Å². The van der Waals surface area contributed by atoms with E-state index in [4.69, 9.17) is 0 Å². The molecule has 0 bridgehead atoms. The third-order valence-corrected chi connectivity index (χ3v) is 6.39. The van der Waals surface area contributed by atoms with Gasteiger partial charge in [-0.25, -0.2) is 17.1 Å². The van der Waals surface area contributed by atoms with Gasteiger partial charge in [0.2, 0.25) is 10.0 Å². The van der Waals surface area contributed by atoms with Crippen molar-refractivity contribution in [2.75, 3.05) is 39.0 Å². The fourth-order valence-electron chi connectivity index (χ4n) is 3.79. The summed E-state index contributed by atoms with van der Waals surface area (Å²) < 4.78 is 37.7. The summed E-state index contributed by atoms with van der Waals surface area (Å²) in [6.07, 6.45) is 1.83. The van der Waals surface area contributed by atoms with Crippen molar-refractivity contribution >= 4 is 16.0 Å². The van der Waals surface area contributed by atoms with Crippen LogP contribution in [-0.2, 0) is 21.2 Å². The van der Waals surface area contributed by atoms with E-state index in [0.29, 0.717) is 26.1 Å². The van der Waals surface area contributed by atoms with Crippen LogP contribution >= 0.6 is 0 Å². The Balaban J connectivity index is 1.67. The summed E-state index contributed by atoms with van der Waals surface area (Å²) in [5.74, 6) is -1.40. The molecule has 0 saturated carbocycles. The highest BCUT2D eigenvalue weighted by atomic mass is 32.2. The molecule has 2 fully saturated rings. The Bertz CT molecular complexity index is 737. The lowest BCUT2D eigenvalue weighted by molar-refractivity contribution is -0.148. The van der Waals surface area contributed by atoms with Crippen molar-refractivity contribution in [1.82, 2.24) is 9.21 Å². The quantitative estimate of drug-likeness (QED) is 0.838. The van der Waals surface area contributed by atoms with E-state index in [1.807, 2.05) is 0 Å². The highest BCUT2D eigenvalue weighted by Crippen LogP contribution is 2.43. The highest BCUT2D eigenvalue weighted by molar-refractivity contribution is 7.88. The van der Waals surface area contributed by atoms with Gasteiger partial charge in [0.15, 0.2) is 0 Å². The molecule has 132 valence electrons. The van der Waals surface area contributed by atoms with Crippen LogP contribution in [-0.4, -0.2) is 67.7 Å². The summed E-state index contributed by atoms with van der Waals surface area (Å²) in [4.78, 5) is 13.9. The second-order valence-corrected chi connectivity index (χ2v) is 8.81. The van der Waals surface area contributed by atoms with Gasteiger partial charge in [0.05, 0.1) is 11.7 Å². The first-order valence-corrected chi connectivity index (χ1v) is 9.71. The number of fused-ring (bicyclic) bond motifs is 1. The van der Waals surface area contributed by atoms with Gasteiger partial charge < -0.3 is 10.0 Å². The number of rotatable bonds is 5. The van der Waals surface area contributed by atoms with Crippen LogP contribution in [0.3, 0.4) is 0 Å². The summed E-state index contributed by atoms with van der Waals surface area (Å²) in [6.45, 7) is 1.90. The molecule has 0 amide bonds. The predicted molar refractivity (Wildman–Crippen MR) is 86.5 cm³/mol. The number of hydrogen-bond donors (Lipinski definition) is 1. The largest absolute Gasteiger partial charge is 0.481 e. The maximum atomic E-state index is 12.9. The lowest BCUT2D eigenvalue weighted by atomic mass is 9.81. The fraction of sp³-hybridized carbons (Fsp3) is 0.562. The van der Waals surface area contributed by atoms with Gasteiger partial charge >= 0.3 is 5.97 Å². The standard InChI is InChI=1S/C16H21FN2O4S/c1-24(22,23)19-9-13-8-18(10-16(13,11-19)15(20)21)7-6-12-2-4-14(17)5-3-12/h2-5,13H,6-11H2,1H3,(H,20,21)/t13-,16-/m1/s1. The van der Waals surface area contributed by atoms with Gasteiger partial charge in [-0.3, -0.25) is 4.79 Å². The van der Waals surface area contributed by atoms with Gasteiger partial charge in [-0.05, 0) is 24.1 Å². The molecule has 2 saturated heterocycles. The number of sulfonamides is 1. The maximum absolute atomic E-state index is 12.9. The number of benzene rings is 1. The van der Waals surface area contributed by atoms with E-state index in [0.717, 1.165) is 11.8 Å². The van der Waals surface area contributed by atoms with Gasteiger partial charge in [-0.15, -0.1) is 0 Å². The number of carboxylic acid groups (broad SMARTS) is 1. The van der Waals surface area contributed by atoms with Gasteiger partial charge in [0, 0.05) is 38.6 Å². The van der Waals surface area contributed by atoms with Crippen molar-refractivity contribution in [2.45, 2.75) is 6.42 Å². The average molecular weight is 356 g/mol. The van der Waals surface area contributed by atoms with Crippen molar-refractivity contribution in [3.8, 4) is 0 Å². The second kappa shape index (κ2) is 6.09. The lowest BCUT2D eigenvalue weighted by Crippen LogP contribution is -2.42. The molecule has 0 radical (unpaired) electrons. The number of halogens is 1. The van der Waals surface area contributed by atoms with Crippen LogP contribution in [0.15, 0.2) is 24.3 Å². The lowest BCUT2D eigenvalue weighted by Gasteiger charge is -2.24. The zero-order chi connectivity index (χ0) is 17.5. The normalized spacial score (nSPS) is 28.2. The summed E-state index contributed by atoms with van der Waals surface area (Å²) in [5, 5.41) is 9.70. The first-order chi connectivity index (χ1) is 11.2. The van der Waals surface area contributed by atoms with Crippen LogP contribution in [0.4, 0.5) is 4.39 Å². The summed E-state index contributed by atoms with van der Waals surface area (Å²) in [5.41, 5.74) is -0.0260. The monoisotopic (exact) mass is 356 g/mol. The Morgan fingerprint density at radius 1 is 1.29 bits per heavy atom. The Labute approximate surface area is 140 Å². The molecule has 0 aliphatic carbocycles. The summed E-state index contributed by atoms with van der Waals surface area (Å²) in [6, 6.07) is 6.28. The Hall–Kier alpha value is -1.51. The molecule has 2 atom stereocenters. The molecule has 2 heterocycles. The van der Waals surface area contributed by atoms with E-state index >= 15 is 0 Å². The number of nitrogens with zero attached hydrogens (tertiary/aromatic N) is 2. The minimum Gasteiger partial charge on any atom is -0.481 e. The molecule has 2 aliphatic rings. The van der Waals surface area contributed by atoms with E-state index in [-0.39, 0.29) is 24.8 Å². The Kier molecular flexibility index (Phi) is 4.39. The molecule has 2 aliphatic heterocycles. The molecular weight excluding hydrogens is 335 g/mol. The molecular formula is C16H21FN2O4S. The molecule has 3 rings (SSSR count). The van der Waals surface area contributed by atoms with Gasteiger partial charge in [0.25, 0.3) is 0 Å². The summed E-state index contributed by atoms with van der Waals surface area (Å²) >= 11 is 0. The number of carboxylic acids is 1. The van der Waals surface area contributed by atoms with Gasteiger partial charge in [-0.1, -0.05) is 12.1 Å². The van der Waals surface area contributed by atoms with E-state index in [9.17, 15) is 22.7 Å². The smallest absolute Gasteiger partial charge is 0.312 e. The van der Waals surface area contributed by atoms with Crippen LogP contribution in [0.25, 0.3) is 0 Å². The number of carbonyl (C=O) groups is 1. The van der Waals surface area contributed by atoms with Crippen LogP contribution in [0.1, 0.15) is 5.56 Å². The van der Waals surface area contributed by atoms with Gasteiger partial charge in [-0.2, -0.15) is 0 Å². The SMILES string of the molecule is CS(=O)(=O)N1C[C@H]2CN(CCc3ccc(F)cc3)C[C@@]2(C(=O)O)C1. The van der Waals surface area contributed by atoms with E-state index in [2.05, 4.69) is 4.90 Å². The molecule has 0 aromatic heterocycles. The van der Waals surface area contributed by atoms with E-state index in [1.165, 1.54) is 16.4 Å².